The third-order valence-electron chi connectivity index (χ3n) is 2.04. The van der Waals surface area contributed by atoms with Crippen LogP contribution in [0.5, 0.6) is 0 Å². The number of hydrogen-bond donors (Lipinski definition) is 0. The van der Waals surface area contributed by atoms with E-state index in [0.29, 0.717) is 8.64 Å². The number of nitrogens with zero attached hydrogens (tertiary/aromatic N) is 2. The first-order chi connectivity index (χ1) is 8.85. The summed E-state index contributed by atoms with van der Waals surface area (Å²) in [5.74, 6) is 4.38. The summed E-state index contributed by atoms with van der Waals surface area (Å²) in [4.78, 5) is 3.93. The van der Waals surface area contributed by atoms with Gasteiger partial charge in [-0.05, 0) is 27.7 Å². The van der Waals surface area contributed by atoms with Gasteiger partial charge in [-0.15, -0.1) is 0 Å². The molecule has 0 saturated carbocycles. The molecular formula is C12H26N2S4Se. The zero-order valence-electron chi connectivity index (χ0n) is 12.8. The molecule has 2 radical (unpaired) electrons. The SMILES string of the molecule is CCN(CC)C(=S)[S-].CCN(CC)C(=S)[S-].C[Se+2]C. The Hall–Kier alpha value is 0.739. The van der Waals surface area contributed by atoms with Crippen LogP contribution in [0.3, 0.4) is 0 Å². The Morgan fingerprint density at radius 3 is 0.947 bits per heavy atom. The Bertz CT molecular complexity index is 198. The Morgan fingerprint density at radius 2 is 0.947 bits per heavy atom. The van der Waals surface area contributed by atoms with Crippen molar-refractivity contribution in [1.29, 1.82) is 0 Å². The summed E-state index contributed by atoms with van der Waals surface area (Å²) < 4.78 is 1.16. The molecule has 0 bridgehead atoms. The van der Waals surface area contributed by atoms with Crippen LogP contribution in [0.1, 0.15) is 27.7 Å². The van der Waals surface area contributed by atoms with Gasteiger partial charge in [-0.3, -0.25) is 0 Å². The number of rotatable bonds is 4. The van der Waals surface area contributed by atoms with Crippen molar-refractivity contribution in [3.63, 3.8) is 0 Å². The van der Waals surface area contributed by atoms with Crippen LogP contribution in [-0.4, -0.2) is 59.6 Å². The minimum absolute atomic E-state index is 0.579. The zero-order chi connectivity index (χ0) is 15.8. The maximum absolute atomic E-state index is 4.76. The molecule has 0 aliphatic carbocycles. The second-order valence-corrected chi connectivity index (χ2v) is 7.06. The molecule has 0 aromatic rings. The average Bonchev–Trinajstić information content (AvgIpc) is 2.33. The van der Waals surface area contributed by atoms with Crippen molar-refractivity contribution >= 4 is 73.3 Å². The third-order valence-corrected chi connectivity index (χ3v) is 3.08. The summed E-state index contributed by atoms with van der Waals surface area (Å²) in [6.07, 6.45) is 0. The average molecular weight is 406 g/mol. The van der Waals surface area contributed by atoms with Crippen molar-refractivity contribution in [2.24, 2.45) is 0 Å². The predicted octanol–water partition coefficient (Wildman–Crippen LogP) is 3.11. The molecule has 0 unspecified atom stereocenters. The van der Waals surface area contributed by atoms with Gasteiger partial charge >= 0.3 is 26.6 Å². The zero-order valence-corrected chi connectivity index (χ0v) is 17.7. The summed E-state index contributed by atoms with van der Waals surface area (Å²) in [6, 6.07) is 0. The molecule has 0 aromatic heterocycles. The Labute approximate surface area is 148 Å². The van der Waals surface area contributed by atoms with Crippen molar-refractivity contribution in [3.05, 3.63) is 0 Å². The minimum atomic E-state index is 0.579. The van der Waals surface area contributed by atoms with Crippen LogP contribution in [0.2, 0.25) is 11.6 Å². The quantitative estimate of drug-likeness (QED) is 0.400. The van der Waals surface area contributed by atoms with E-state index in [1.165, 1.54) is 0 Å². The van der Waals surface area contributed by atoms with Crippen LogP contribution in [0, 0.1) is 0 Å². The van der Waals surface area contributed by atoms with Crippen molar-refractivity contribution in [2.45, 2.75) is 39.3 Å². The molecule has 19 heavy (non-hydrogen) atoms. The van der Waals surface area contributed by atoms with Crippen molar-refractivity contribution in [3.8, 4) is 0 Å². The van der Waals surface area contributed by atoms with Gasteiger partial charge in [-0.1, -0.05) is 8.64 Å². The van der Waals surface area contributed by atoms with Crippen LogP contribution in [-0.2, 0) is 25.3 Å². The molecule has 0 N–H and O–H groups in total. The van der Waals surface area contributed by atoms with Gasteiger partial charge in [0.25, 0.3) is 0 Å². The van der Waals surface area contributed by atoms with Gasteiger partial charge in [0.15, 0.2) is 0 Å². The first-order valence-corrected chi connectivity index (χ1v) is 11.2. The number of hydrogen-bond acceptors (Lipinski definition) is 4. The summed E-state index contributed by atoms with van der Waals surface area (Å²) in [5, 5.41) is 0. The van der Waals surface area contributed by atoms with Crippen LogP contribution in [0.15, 0.2) is 0 Å². The topological polar surface area (TPSA) is 6.48 Å². The molecule has 0 aliphatic rings. The van der Waals surface area contributed by atoms with E-state index < -0.39 is 0 Å². The van der Waals surface area contributed by atoms with Crippen molar-refractivity contribution in [1.82, 2.24) is 9.80 Å². The fourth-order valence-electron chi connectivity index (χ4n) is 0.964. The standard InChI is InChI=1S/2C5H11NS2.C2H6Se/c2*1-3-6(4-2)5(7)8;1-3-2/h2*3-4H2,1-2H3,(H,7,8);1-2H3/q;;+2/p-2. The van der Waals surface area contributed by atoms with Gasteiger partial charge in [0.05, 0.1) is 0 Å². The predicted molar refractivity (Wildman–Crippen MR) is 103 cm³/mol. The van der Waals surface area contributed by atoms with Crippen LogP contribution in [0.25, 0.3) is 0 Å². The summed E-state index contributed by atoms with van der Waals surface area (Å²) in [7, 11) is 0. The third kappa shape index (κ3) is 18.7. The van der Waals surface area contributed by atoms with Gasteiger partial charge in [-0.2, -0.15) is 0 Å². The van der Waals surface area contributed by atoms with E-state index in [2.05, 4.69) is 11.6 Å². The fourth-order valence-corrected chi connectivity index (χ4v) is 2.00. The van der Waals surface area contributed by atoms with Crippen LogP contribution >= 0.6 is 24.4 Å². The van der Waals surface area contributed by atoms with Crippen molar-refractivity contribution < 1.29 is 0 Å². The summed E-state index contributed by atoms with van der Waals surface area (Å²) >= 11 is 19.9. The molecule has 7 heteroatoms. The monoisotopic (exact) mass is 406 g/mol. The molecular weight excluding hydrogens is 379 g/mol. The van der Waals surface area contributed by atoms with Gasteiger partial charge in [0, 0.05) is 26.2 Å². The van der Waals surface area contributed by atoms with Gasteiger partial charge in [-0.25, -0.2) is 0 Å². The molecule has 2 nitrogen and oxygen atoms in total. The van der Waals surface area contributed by atoms with E-state index in [4.69, 9.17) is 49.7 Å². The van der Waals surface area contributed by atoms with Crippen molar-refractivity contribution in [2.75, 3.05) is 26.2 Å². The van der Waals surface area contributed by atoms with E-state index in [9.17, 15) is 0 Å². The van der Waals surface area contributed by atoms with E-state index in [1.54, 1.807) is 0 Å². The molecule has 0 saturated heterocycles. The molecule has 0 rings (SSSR count). The summed E-state index contributed by atoms with van der Waals surface area (Å²) in [5.41, 5.74) is 0. The van der Waals surface area contributed by atoms with E-state index in [0.717, 1.165) is 41.1 Å². The Kier molecular flexibility index (Phi) is 24.4. The summed E-state index contributed by atoms with van der Waals surface area (Å²) in [6.45, 7) is 11.9. The first kappa shape index (κ1) is 24.7. The maximum atomic E-state index is 4.76. The molecule has 0 atom stereocenters. The molecule has 0 fully saturated rings. The molecule has 0 heterocycles. The van der Waals surface area contributed by atoms with E-state index >= 15 is 0 Å². The fraction of sp³-hybridized carbons (Fsp3) is 0.833. The van der Waals surface area contributed by atoms with E-state index in [1.807, 2.05) is 37.5 Å². The van der Waals surface area contributed by atoms with Crippen LogP contribution in [0.4, 0.5) is 0 Å². The molecule has 0 spiro atoms. The second kappa shape index (κ2) is 18.7. The molecule has 0 aliphatic heterocycles. The second-order valence-electron chi connectivity index (χ2n) is 3.28. The Balaban J connectivity index is -0.000000224. The molecule has 114 valence electrons. The molecule has 0 aromatic carbocycles. The number of thiocarbonyl (C=S) groups is 2. The molecule has 0 amide bonds. The van der Waals surface area contributed by atoms with Gasteiger partial charge in [0.2, 0.25) is 0 Å². The normalized spacial score (nSPS) is 8.32. The van der Waals surface area contributed by atoms with Gasteiger partial charge < -0.3 is 59.5 Å². The van der Waals surface area contributed by atoms with Gasteiger partial charge in [0.1, 0.15) is 0 Å². The van der Waals surface area contributed by atoms with E-state index in [-0.39, 0.29) is 0 Å². The van der Waals surface area contributed by atoms with Crippen LogP contribution < -0.4 is 0 Å². The Morgan fingerprint density at radius 1 is 0.789 bits per heavy atom. The first-order valence-electron chi connectivity index (χ1n) is 6.17.